The van der Waals surface area contributed by atoms with Crippen LogP contribution in [-0.2, 0) is 16.6 Å². The minimum Gasteiger partial charge on any atom is -0.376 e. The van der Waals surface area contributed by atoms with Crippen molar-refractivity contribution in [2.24, 2.45) is 7.05 Å². The number of aromatic nitrogens is 3. The van der Waals surface area contributed by atoms with Gasteiger partial charge in [0.05, 0.1) is 17.4 Å². The molecule has 1 aromatic heterocycles. The first-order valence-electron chi connectivity index (χ1n) is 10.6. The van der Waals surface area contributed by atoms with Gasteiger partial charge in [-0.3, -0.25) is 9.59 Å². The molecule has 0 saturated carbocycles. The van der Waals surface area contributed by atoms with Crippen LogP contribution in [0.15, 0.2) is 53.7 Å². The Labute approximate surface area is 194 Å². The molecule has 2 N–H and O–H groups in total. The Balaban J connectivity index is 1.38. The van der Waals surface area contributed by atoms with Crippen molar-refractivity contribution in [1.29, 1.82) is 0 Å². The van der Waals surface area contributed by atoms with Crippen LogP contribution in [0.5, 0.6) is 0 Å². The normalized spacial score (nSPS) is 15.4. The molecular weight excluding hydrogens is 445 g/mol. The van der Waals surface area contributed by atoms with Crippen molar-refractivity contribution >= 4 is 29.3 Å². The number of nitrogens with zero attached hydrogens (tertiary/aromatic N) is 3. The number of halogens is 1. The van der Waals surface area contributed by atoms with E-state index in [1.165, 1.54) is 30.0 Å². The van der Waals surface area contributed by atoms with Gasteiger partial charge in [0, 0.05) is 31.5 Å². The van der Waals surface area contributed by atoms with E-state index in [0.29, 0.717) is 23.2 Å². The van der Waals surface area contributed by atoms with Gasteiger partial charge in [-0.2, -0.15) is 0 Å². The predicted molar refractivity (Wildman–Crippen MR) is 123 cm³/mol. The first-order chi connectivity index (χ1) is 16.0. The number of carbonyl (C=O) groups excluding carboxylic acids is 2. The highest BCUT2D eigenvalue weighted by Crippen LogP contribution is 2.25. The first kappa shape index (κ1) is 22.9. The molecule has 1 fully saturated rings. The lowest BCUT2D eigenvalue weighted by atomic mass is 10.1. The summed E-state index contributed by atoms with van der Waals surface area (Å²) in [6, 6.07) is 12.9. The zero-order valence-corrected chi connectivity index (χ0v) is 18.9. The number of amides is 2. The minimum atomic E-state index is -0.582. The number of ether oxygens (including phenoxy) is 1. The zero-order chi connectivity index (χ0) is 23.2. The van der Waals surface area contributed by atoms with Gasteiger partial charge in [-0.05, 0) is 37.1 Å². The number of nitrogens with one attached hydrogen (secondary N) is 2. The van der Waals surface area contributed by atoms with E-state index < -0.39 is 11.7 Å². The van der Waals surface area contributed by atoms with Gasteiger partial charge < -0.3 is 19.9 Å². The molecule has 2 aromatic carbocycles. The molecule has 4 rings (SSSR count). The van der Waals surface area contributed by atoms with E-state index >= 15 is 0 Å². The third-order valence-corrected chi connectivity index (χ3v) is 6.24. The maximum atomic E-state index is 13.9. The second-order valence-electron chi connectivity index (χ2n) is 7.61. The number of carbonyl (C=O) groups is 2. The lowest BCUT2D eigenvalue weighted by molar-refractivity contribution is -0.119. The maximum Gasteiger partial charge on any atom is 0.258 e. The standard InChI is InChI=1S/C23H24FN5O3S/c1-29-21(27-28-23(29)33-14-20(30)25-13-17-8-5-11-32-17)15-6-4-7-16(12-15)26-22(31)18-9-2-3-10-19(18)24/h2-4,6-7,9-10,12,17H,5,8,11,13-14H2,1H3,(H,25,30)(H,26,31)/t17-/m0/s1. The number of thioether (sulfide) groups is 1. The highest BCUT2D eigenvalue weighted by atomic mass is 32.2. The van der Waals surface area contributed by atoms with Crippen LogP contribution >= 0.6 is 11.8 Å². The third kappa shape index (κ3) is 5.77. The Morgan fingerprint density at radius 1 is 1.21 bits per heavy atom. The molecule has 1 aliphatic heterocycles. The second-order valence-corrected chi connectivity index (χ2v) is 8.55. The van der Waals surface area contributed by atoms with E-state index in [2.05, 4.69) is 20.8 Å². The van der Waals surface area contributed by atoms with Gasteiger partial charge in [-0.15, -0.1) is 10.2 Å². The summed E-state index contributed by atoms with van der Waals surface area (Å²) >= 11 is 1.29. The van der Waals surface area contributed by atoms with Gasteiger partial charge in [0.25, 0.3) is 5.91 Å². The number of hydrogen-bond donors (Lipinski definition) is 2. The molecule has 10 heteroatoms. The highest BCUT2D eigenvalue weighted by molar-refractivity contribution is 7.99. The Morgan fingerprint density at radius 3 is 2.85 bits per heavy atom. The van der Waals surface area contributed by atoms with E-state index in [1.807, 2.05) is 13.1 Å². The molecular formula is C23H24FN5O3S. The predicted octanol–water partition coefficient (Wildman–Crippen LogP) is 3.26. The number of hydrogen-bond acceptors (Lipinski definition) is 6. The molecule has 1 aliphatic rings. The molecule has 0 radical (unpaired) electrons. The Morgan fingerprint density at radius 2 is 2.06 bits per heavy atom. The van der Waals surface area contributed by atoms with Crippen molar-refractivity contribution in [3.63, 3.8) is 0 Å². The summed E-state index contributed by atoms with van der Waals surface area (Å²) in [6.45, 7) is 1.28. The average Bonchev–Trinajstić information content (AvgIpc) is 3.46. The molecule has 2 amide bonds. The second kappa shape index (κ2) is 10.6. The van der Waals surface area contributed by atoms with Crippen LogP contribution in [0.1, 0.15) is 23.2 Å². The fraction of sp³-hybridized carbons (Fsp3) is 0.304. The van der Waals surface area contributed by atoms with Crippen molar-refractivity contribution in [2.75, 3.05) is 24.2 Å². The van der Waals surface area contributed by atoms with Crippen molar-refractivity contribution in [1.82, 2.24) is 20.1 Å². The Bertz CT molecular complexity index is 1150. The van der Waals surface area contributed by atoms with Crippen LogP contribution in [0.3, 0.4) is 0 Å². The monoisotopic (exact) mass is 469 g/mol. The molecule has 0 spiro atoms. The number of anilines is 1. The summed E-state index contributed by atoms with van der Waals surface area (Å²) in [5, 5.41) is 14.6. The van der Waals surface area contributed by atoms with Crippen LogP contribution in [0.2, 0.25) is 0 Å². The average molecular weight is 470 g/mol. The van der Waals surface area contributed by atoms with Gasteiger partial charge in [-0.25, -0.2) is 4.39 Å². The lowest BCUT2D eigenvalue weighted by Gasteiger charge is -2.10. The molecule has 33 heavy (non-hydrogen) atoms. The van der Waals surface area contributed by atoms with Crippen LogP contribution in [0.25, 0.3) is 11.4 Å². The topological polar surface area (TPSA) is 98.1 Å². The summed E-state index contributed by atoms with van der Waals surface area (Å²) in [5.41, 5.74) is 1.20. The number of benzene rings is 2. The van der Waals surface area contributed by atoms with Crippen molar-refractivity contribution in [3.8, 4) is 11.4 Å². The SMILES string of the molecule is Cn1c(SCC(=O)NC[C@@H]2CCCO2)nnc1-c1cccc(NC(=O)c2ccccc2F)c1. The lowest BCUT2D eigenvalue weighted by Crippen LogP contribution is -2.32. The first-order valence-corrected chi connectivity index (χ1v) is 11.6. The molecule has 0 aliphatic carbocycles. The molecule has 172 valence electrons. The summed E-state index contributed by atoms with van der Waals surface area (Å²) in [7, 11) is 1.81. The molecule has 8 nitrogen and oxygen atoms in total. The quantitative estimate of drug-likeness (QED) is 0.492. The molecule has 0 unspecified atom stereocenters. The summed E-state index contributed by atoms with van der Waals surface area (Å²) in [4.78, 5) is 24.5. The third-order valence-electron chi connectivity index (χ3n) is 5.22. The number of rotatable bonds is 8. The molecule has 2 heterocycles. The van der Waals surface area contributed by atoms with Gasteiger partial charge in [-0.1, -0.05) is 36.0 Å². The van der Waals surface area contributed by atoms with Crippen molar-refractivity contribution in [3.05, 3.63) is 59.9 Å². The molecule has 0 bridgehead atoms. The van der Waals surface area contributed by atoms with Gasteiger partial charge >= 0.3 is 0 Å². The van der Waals surface area contributed by atoms with Crippen LogP contribution in [0, 0.1) is 5.82 Å². The largest absolute Gasteiger partial charge is 0.376 e. The summed E-state index contributed by atoms with van der Waals surface area (Å²) in [6.07, 6.45) is 2.11. The minimum absolute atomic E-state index is 0.0296. The van der Waals surface area contributed by atoms with Gasteiger partial charge in [0.2, 0.25) is 5.91 Å². The van der Waals surface area contributed by atoms with E-state index in [9.17, 15) is 14.0 Å². The van der Waals surface area contributed by atoms with Crippen LogP contribution in [0.4, 0.5) is 10.1 Å². The Kier molecular flexibility index (Phi) is 7.36. The van der Waals surface area contributed by atoms with Crippen LogP contribution < -0.4 is 10.6 Å². The summed E-state index contributed by atoms with van der Waals surface area (Å²) in [5.74, 6) is -0.399. The molecule has 1 atom stereocenters. The smallest absolute Gasteiger partial charge is 0.258 e. The fourth-order valence-corrected chi connectivity index (χ4v) is 4.23. The molecule has 1 saturated heterocycles. The zero-order valence-electron chi connectivity index (χ0n) is 18.1. The van der Waals surface area contributed by atoms with Crippen LogP contribution in [-0.4, -0.2) is 51.6 Å². The fourth-order valence-electron chi connectivity index (χ4n) is 3.49. The van der Waals surface area contributed by atoms with Crippen molar-refractivity contribution < 1.29 is 18.7 Å². The van der Waals surface area contributed by atoms with E-state index in [1.54, 1.807) is 28.8 Å². The van der Waals surface area contributed by atoms with E-state index in [4.69, 9.17) is 4.74 Å². The van der Waals surface area contributed by atoms with E-state index in [0.717, 1.165) is 25.0 Å². The Hall–Kier alpha value is -3.24. The van der Waals surface area contributed by atoms with E-state index in [-0.39, 0.29) is 23.3 Å². The molecule has 3 aromatic rings. The summed E-state index contributed by atoms with van der Waals surface area (Å²) < 4.78 is 21.2. The van der Waals surface area contributed by atoms with Gasteiger partial charge in [0.1, 0.15) is 5.82 Å². The van der Waals surface area contributed by atoms with Crippen molar-refractivity contribution in [2.45, 2.75) is 24.1 Å². The van der Waals surface area contributed by atoms with Gasteiger partial charge in [0.15, 0.2) is 11.0 Å². The highest BCUT2D eigenvalue weighted by Gasteiger charge is 2.18. The maximum absolute atomic E-state index is 13.9.